The Hall–Kier alpha value is -1.95. The van der Waals surface area contributed by atoms with Crippen molar-refractivity contribution in [2.24, 2.45) is 0 Å². The third kappa shape index (κ3) is 3.51. The number of rotatable bonds is 4. The fourth-order valence-electron chi connectivity index (χ4n) is 1.85. The van der Waals surface area contributed by atoms with Crippen LogP contribution in [0.25, 0.3) is 0 Å². The van der Waals surface area contributed by atoms with Crippen molar-refractivity contribution in [3.8, 4) is 11.5 Å². The average molecular weight is 266 g/mol. The molecule has 1 heterocycles. The first kappa shape index (κ1) is 13.5. The van der Waals surface area contributed by atoms with Gasteiger partial charge in [0.05, 0.1) is 20.3 Å². The molecule has 1 fully saturated rings. The van der Waals surface area contributed by atoms with Crippen LogP contribution in [0, 0.1) is 0 Å². The van der Waals surface area contributed by atoms with Crippen LogP contribution in [0.15, 0.2) is 18.2 Å². The lowest BCUT2D eigenvalue weighted by Gasteiger charge is -2.26. The molecule has 104 valence electrons. The van der Waals surface area contributed by atoms with Crippen molar-refractivity contribution in [3.05, 3.63) is 18.2 Å². The Balaban J connectivity index is 1.92. The summed E-state index contributed by atoms with van der Waals surface area (Å²) in [4.78, 5) is 13.6. The standard InChI is InChI=1S/C13H18N2O4/c1-17-12-8-10(14)2-3-11(12)19-9-13(16)15-4-6-18-7-5-15/h2-3,8H,4-7,9,14H2,1H3. The highest BCUT2D eigenvalue weighted by Gasteiger charge is 2.17. The van der Waals surface area contributed by atoms with Gasteiger partial charge in [-0.15, -0.1) is 0 Å². The molecule has 1 aliphatic heterocycles. The van der Waals surface area contributed by atoms with Gasteiger partial charge in [0.1, 0.15) is 0 Å². The number of morpholine rings is 1. The molecule has 0 unspecified atom stereocenters. The Kier molecular flexibility index (Phi) is 4.46. The minimum atomic E-state index is -0.0535. The summed E-state index contributed by atoms with van der Waals surface area (Å²) in [7, 11) is 1.53. The van der Waals surface area contributed by atoms with Gasteiger partial charge in [-0.25, -0.2) is 0 Å². The fourth-order valence-corrected chi connectivity index (χ4v) is 1.85. The van der Waals surface area contributed by atoms with E-state index < -0.39 is 0 Å². The fraction of sp³-hybridized carbons (Fsp3) is 0.462. The lowest BCUT2D eigenvalue weighted by molar-refractivity contribution is -0.137. The second-order valence-corrected chi connectivity index (χ2v) is 4.19. The Labute approximate surface area is 112 Å². The van der Waals surface area contributed by atoms with E-state index in [1.165, 1.54) is 7.11 Å². The lowest BCUT2D eigenvalue weighted by Crippen LogP contribution is -2.43. The minimum Gasteiger partial charge on any atom is -0.493 e. The number of nitrogens with zero attached hydrogens (tertiary/aromatic N) is 1. The van der Waals surface area contributed by atoms with Gasteiger partial charge >= 0.3 is 0 Å². The number of ether oxygens (including phenoxy) is 3. The molecule has 0 aromatic heterocycles. The van der Waals surface area contributed by atoms with Crippen LogP contribution in [0.5, 0.6) is 11.5 Å². The van der Waals surface area contributed by atoms with Crippen LogP contribution >= 0.6 is 0 Å². The van der Waals surface area contributed by atoms with Crippen molar-refractivity contribution >= 4 is 11.6 Å². The zero-order valence-corrected chi connectivity index (χ0v) is 10.9. The second kappa shape index (κ2) is 6.29. The molecule has 1 saturated heterocycles. The quantitative estimate of drug-likeness (QED) is 0.804. The second-order valence-electron chi connectivity index (χ2n) is 4.19. The van der Waals surface area contributed by atoms with Gasteiger partial charge in [-0.3, -0.25) is 4.79 Å². The van der Waals surface area contributed by atoms with E-state index in [2.05, 4.69) is 0 Å². The van der Waals surface area contributed by atoms with E-state index in [-0.39, 0.29) is 12.5 Å². The number of anilines is 1. The van der Waals surface area contributed by atoms with E-state index in [9.17, 15) is 4.79 Å². The Morgan fingerprint density at radius 1 is 1.37 bits per heavy atom. The van der Waals surface area contributed by atoms with Crippen LogP contribution in [0.2, 0.25) is 0 Å². The van der Waals surface area contributed by atoms with E-state index >= 15 is 0 Å². The summed E-state index contributed by atoms with van der Waals surface area (Å²) >= 11 is 0. The molecule has 2 rings (SSSR count). The van der Waals surface area contributed by atoms with Gasteiger partial charge in [-0.05, 0) is 12.1 Å². The van der Waals surface area contributed by atoms with Crippen LogP contribution in [-0.4, -0.2) is 50.8 Å². The summed E-state index contributed by atoms with van der Waals surface area (Å²) in [5.41, 5.74) is 6.24. The van der Waals surface area contributed by atoms with Gasteiger partial charge in [0.2, 0.25) is 0 Å². The Bertz CT molecular complexity index is 444. The molecule has 0 atom stereocenters. The molecular weight excluding hydrogens is 248 g/mol. The van der Waals surface area contributed by atoms with Gasteiger partial charge in [-0.1, -0.05) is 0 Å². The maximum atomic E-state index is 11.9. The van der Waals surface area contributed by atoms with E-state index in [1.54, 1.807) is 23.1 Å². The number of nitrogens with two attached hydrogens (primary N) is 1. The smallest absolute Gasteiger partial charge is 0.260 e. The lowest BCUT2D eigenvalue weighted by atomic mass is 10.3. The first-order valence-corrected chi connectivity index (χ1v) is 6.12. The molecule has 0 bridgehead atoms. The zero-order valence-electron chi connectivity index (χ0n) is 10.9. The van der Waals surface area contributed by atoms with Crippen LogP contribution in [0.1, 0.15) is 0 Å². The average Bonchev–Trinajstić information content (AvgIpc) is 2.46. The normalized spacial score (nSPS) is 15.1. The maximum absolute atomic E-state index is 11.9. The van der Waals surface area contributed by atoms with Crippen LogP contribution < -0.4 is 15.2 Å². The van der Waals surface area contributed by atoms with Crippen molar-refractivity contribution in [2.45, 2.75) is 0 Å². The van der Waals surface area contributed by atoms with Crippen LogP contribution in [0.4, 0.5) is 5.69 Å². The first-order valence-electron chi connectivity index (χ1n) is 6.12. The van der Waals surface area contributed by atoms with Gasteiger partial charge in [0.25, 0.3) is 5.91 Å². The van der Waals surface area contributed by atoms with Crippen LogP contribution in [0.3, 0.4) is 0 Å². The Morgan fingerprint density at radius 2 is 2.11 bits per heavy atom. The van der Waals surface area contributed by atoms with E-state index in [1.807, 2.05) is 0 Å². The SMILES string of the molecule is COc1cc(N)ccc1OCC(=O)N1CCOCC1. The molecule has 1 amide bonds. The number of carbonyl (C=O) groups is 1. The van der Waals surface area contributed by atoms with Crippen molar-refractivity contribution in [3.63, 3.8) is 0 Å². The predicted octanol–water partition coefficient (Wildman–Crippen LogP) is 0.515. The van der Waals surface area contributed by atoms with Crippen molar-refractivity contribution < 1.29 is 19.0 Å². The highest BCUT2D eigenvalue weighted by molar-refractivity contribution is 5.78. The van der Waals surface area contributed by atoms with E-state index in [0.29, 0.717) is 43.5 Å². The molecule has 6 nitrogen and oxygen atoms in total. The number of methoxy groups -OCH3 is 1. The third-order valence-corrected chi connectivity index (χ3v) is 2.90. The largest absolute Gasteiger partial charge is 0.493 e. The highest BCUT2D eigenvalue weighted by Crippen LogP contribution is 2.28. The van der Waals surface area contributed by atoms with Gasteiger partial charge < -0.3 is 24.8 Å². The number of amides is 1. The van der Waals surface area contributed by atoms with Gasteiger partial charge in [0, 0.05) is 24.8 Å². The third-order valence-electron chi connectivity index (χ3n) is 2.90. The highest BCUT2D eigenvalue weighted by atomic mass is 16.5. The molecule has 19 heavy (non-hydrogen) atoms. The molecule has 1 aliphatic rings. The topological polar surface area (TPSA) is 74.0 Å². The van der Waals surface area contributed by atoms with E-state index in [0.717, 1.165) is 0 Å². The molecule has 2 N–H and O–H groups in total. The minimum absolute atomic E-state index is 0.0136. The summed E-state index contributed by atoms with van der Waals surface area (Å²) < 4.78 is 15.8. The first-order chi connectivity index (χ1) is 9.20. The number of carbonyl (C=O) groups excluding carboxylic acids is 1. The monoisotopic (exact) mass is 266 g/mol. The molecule has 0 radical (unpaired) electrons. The summed E-state index contributed by atoms with van der Waals surface area (Å²) in [6.45, 7) is 2.37. The van der Waals surface area contributed by atoms with Crippen molar-refractivity contribution in [2.75, 3.05) is 45.8 Å². The predicted molar refractivity (Wildman–Crippen MR) is 70.3 cm³/mol. The summed E-state index contributed by atoms with van der Waals surface area (Å²) in [5.74, 6) is 0.982. The Morgan fingerprint density at radius 3 is 2.79 bits per heavy atom. The molecule has 0 aliphatic carbocycles. The summed E-state index contributed by atoms with van der Waals surface area (Å²) in [6, 6.07) is 5.06. The number of nitrogen functional groups attached to an aromatic ring is 1. The maximum Gasteiger partial charge on any atom is 0.260 e. The van der Waals surface area contributed by atoms with Crippen molar-refractivity contribution in [1.82, 2.24) is 4.90 Å². The summed E-state index contributed by atoms with van der Waals surface area (Å²) in [6.07, 6.45) is 0. The molecule has 6 heteroatoms. The number of hydrogen-bond donors (Lipinski definition) is 1. The van der Waals surface area contributed by atoms with Crippen LogP contribution in [-0.2, 0) is 9.53 Å². The molecule has 1 aromatic carbocycles. The number of hydrogen-bond acceptors (Lipinski definition) is 5. The molecule has 0 saturated carbocycles. The van der Waals surface area contributed by atoms with Crippen molar-refractivity contribution in [1.29, 1.82) is 0 Å². The summed E-state index contributed by atoms with van der Waals surface area (Å²) in [5, 5.41) is 0. The molecule has 1 aromatic rings. The van der Waals surface area contributed by atoms with Gasteiger partial charge in [0.15, 0.2) is 18.1 Å². The van der Waals surface area contributed by atoms with E-state index in [4.69, 9.17) is 19.9 Å². The van der Waals surface area contributed by atoms with Gasteiger partial charge in [-0.2, -0.15) is 0 Å². The molecule has 0 spiro atoms. The number of benzene rings is 1. The molecular formula is C13H18N2O4. The zero-order chi connectivity index (χ0) is 13.7.